The number of hydrogen-bond donors (Lipinski definition) is 0. The molecule has 0 saturated heterocycles. The normalized spacial score (nSPS) is 11.3. The van der Waals surface area contributed by atoms with Crippen molar-refractivity contribution < 1.29 is 0 Å². The fraction of sp³-hybridized carbons (Fsp3) is 0.0833. The maximum absolute atomic E-state index is 4.56. The third-order valence-corrected chi connectivity index (χ3v) is 3.57. The van der Waals surface area contributed by atoms with Crippen LogP contribution < -0.4 is 0 Å². The predicted octanol–water partition coefficient (Wildman–Crippen LogP) is 3.56. The first-order valence-corrected chi connectivity index (χ1v) is 5.58. The summed E-state index contributed by atoms with van der Waals surface area (Å²) in [7, 11) is 0. The van der Waals surface area contributed by atoms with Crippen LogP contribution in [0.3, 0.4) is 0 Å². The third kappa shape index (κ3) is 1.20. The molecule has 0 spiro atoms. The SMILES string of the molecule is Cc1nc2c3ccccc3ccn2c1Br. The molecule has 0 N–H and O–H groups in total. The molecule has 0 aliphatic carbocycles. The summed E-state index contributed by atoms with van der Waals surface area (Å²) in [5, 5.41) is 2.41. The molecule has 2 aromatic heterocycles. The van der Waals surface area contributed by atoms with Gasteiger partial charge in [0.25, 0.3) is 0 Å². The summed E-state index contributed by atoms with van der Waals surface area (Å²) in [6.45, 7) is 2.01. The number of aromatic nitrogens is 2. The van der Waals surface area contributed by atoms with Gasteiger partial charge in [0.15, 0.2) is 0 Å². The van der Waals surface area contributed by atoms with Crippen LogP contribution in [0.5, 0.6) is 0 Å². The zero-order valence-corrected chi connectivity index (χ0v) is 9.82. The summed E-state index contributed by atoms with van der Waals surface area (Å²) in [6, 6.07) is 10.4. The van der Waals surface area contributed by atoms with Gasteiger partial charge < -0.3 is 0 Å². The lowest BCUT2D eigenvalue weighted by Crippen LogP contribution is -1.85. The molecule has 2 nitrogen and oxygen atoms in total. The number of fused-ring (bicyclic) bond motifs is 3. The van der Waals surface area contributed by atoms with E-state index in [1.54, 1.807) is 0 Å². The molecule has 74 valence electrons. The second-order valence-corrected chi connectivity index (χ2v) is 4.34. The monoisotopic (exact) mass is 260 g/mol. The van der Waals surface area contributed by atoms with Gasteiger partial charge in [-0.25, -0.2) is 4.98 Å². The quantitative estimate of drug-likeness (QED) is 0.604. The van der Waals surface area contributed by atoms with E-state index in [1.165, 1.54) is 10.8 Å². The predicted molar refractivity (Wildman–Crippen MR) is 65.1 cm³/mol. The Morgan fingerprint density at radius 3 is 2.87 bits per heavy atom. The average molecular weight is 261 g/mol. The lowest BCUT2D eigenvalue weighted by Gasteiger charge is -2.00. The van der Waals surface area contributed by atoms with Crippen LogP contribution in [-0.2, 0) is 0 Å². The fourth-order valence-corrected chi connectivity index (χ4v) is 2.23. The van der Waals surface area contributed by atoms with Crippen LogP contribution in [-0.4, -0.2) is 9.38 Å². The number of pyridine rings is 1. The van der Waals surface area contributed by atoms with Crippen molar-refractivity contribution in [2.45, 2.75) is 6.92 Å². The Labute approximate surface area is 95.7 Å². The number of imidazole rings is 1. The van der Waals surface area contributed by atoms with E-state index in [9.17, 15) is 0 Å². The van der Waals surface area contributed by atoms with Crippen LogP contribution in [0.1, 0.15) is 5.69 Å². The second-order valence-electron chi connectivity index (χ2n) is 3.58. The van der Waals surface area contributed by atoms with Gasteiger partial charge in [-0.05, 0) is 34.3 Å². The lowest BCUT2D eigenvalue weighted by molar-refractivity contribution is 1.16. The first kappa shape index (κ1) is 8.92. The first-order chi connectivity index (χ1) is 7.27. The van der Waals surface area contributed by atoms with Crippen molar-refractivity contribution in [1.29, 1.82) is 0 Å². The Bertz CT molecular complexity index is 655. The minimum Gasteiger partial charge on any atom is -0.293 e. The number of halogens is 1. The smallest absolute Gasteiger partial charge is 0.145 e. The molecule has 3 heteroatoms. The number of benzene rings is 1. The van der Waals surface area contributed by atoms with Crippen molar-refractivity contribution >= 4 is 32.3 Å². The Kier molecular flexibility index (Phi) is 1.83. The highest BCUT2D eigenvalue weighted by Crippen LogP contribution is 2.24. The molecular weight excluding hydrogens is 252 g/mol. The van der Waals surface area contributed by atoms with E-state index in [0.717, 1.165) is 15.9 Å². The lowest BCUT2D eigenvalue weighted by atomic mass is 10.2. The largest absolute Gasteiger partial charge is 0.293 e. The van der Waals surface area contributed by atoms with Gasteiger partial charge in [0.2, 0.25) is 0 Å². The number of nitrogens with zero attached hydrogens (tertiary/aromatic N) is 2. The minimum atomic E-state index is 1.01. The molecule has 0 amide bonds. The van der Waals surface area contributed by atoms with E-state index in [1.807, 2.05) is 25.3 Å². The van der Waals surface area contributed by atoms with Gasteiger partial charge in [0, 0.05) is 11.6 Å². The number of rotatable bonds is 0. The molecular formula is C12H9BrN2. The van der Waals surface area contributed by atoms with Crippen LogP contribution in [0.4, 0.5) is 0 Å². The summed E-state index contributed by atoms with van der Waals surface area (Å²) in [6.07, 6.45) is 2.04. The molecule has 0 bridgehead atoms. The third-order valence-electron chi connectivity index (χ3n) is 2.62. The van der Waals surface area contributed by atoms with Crippen LogP contribution in [0.2, 0.25) is 0 Å². The van der Waals surface area contributed by atoms with Crippen molar-refractivity contribution in [3.63, 3.8) is 0 Å². The van der Waals surface area contributed by atoms with Crippen molar-refractivity contribution in [3.8, 4) is 0 Å². The summed E-state index contributed by atoms with van der Waals surface area (Å²) in [4.78, 5) is 4.56. The van der Waals surface area contributed by atoms with Crippen LogP contribution in [0.15, 0.2) is 41.1 Å². The summed E-state index contributed by atoms with van der Waals surface area (Å²) in [5.74, 6) is 0. The Hall–Kier alpha value is -1.35. The molecule has 0 fully saturated rings. The van der Waals surface area contributed by atoms with Gasteiger partial charge in [-0.15, -0.1) is 0 Å². The Morgan fingerprint density at radius 1 is 1.20 bits per heavy atom. The Balaban J connectivity index is 2.60. The van der Waals surface area contributed by atoms with Crippen LogP contribution in [0, 0.1) is 6.92 Å². The maximum atomic E-state index is 4.56. The molecule has 1 aromatic carbocycles. The molecule has 0 radical (unpaired) electrons. The van der Waals surface area contributed by atoms with Crippen molar-refractivity contribution in [2.24, 2.45) is 0 Å². The van der Waals surface area contributed by atoms with Gasteiger partial charge in [-0.1, -0.05) is 24.3 Å². The van der Waals surface area contributed by atoms with E-state index in [4.69, 9.17) is 0 Å². The van der Waals surface area contributed by atoms with E-state index < -0.39 is 0 Å². The molecule has 2 heterocycles. The van der Waals surface area contributed by atoms with Crippen molar-refractivity contribution in [3.05, 3.63) is 46.8 Å². The van der Waals surface area contributed by atoms with E-state index in [2.05, 4.69) is 43.5 Å². The van der Waals surface area contributed by atoms with Crippen LogP contribution in [0.25, 0.3) is 16.4 Å². The molecule has 3 rings (SSSR count). The molecule has 0 unspecified atom stereocenters. The molecule has 0 atom stereocenters. The fourth-order valence-electron chi connectivity index (χ4n) is 1.85. The minimum absolute atomic E-state index is 1.01. The van der Waals surface area contributed by atoms with Gasteiger partial charge in [0.05, 0.1) is 5.69 Å². The summed E-state index contributed by atoms with van der Waals surface area (Å²) in [5.41, 5.74) is 2.03. The molecule has 0 saturated carbocycles. The zero-order valence-electron chi connectivity index (χ0n) is 8.24. The van der Waals surface area contributed by atoms with Gasteiger partial charge in [0.1, 0.15) is 10.3 Å². The van der Waals surface area contributed by atoms with E-state index in [-0.39, 0.29) is 0 Å². The summed E-state index contributed by atoms with van der Waals surface area (Å²) >= 11 is 3.54. The zero-order chi connectivity index (χ0) is 10.4. The summed E-state index contributed by atoms with van der Waals surface area (Å²) < 4.78 is 3.10. The van der Waals surface area contributed by atoms with Gasteiger partial charge in [-0.3, -0.25) is 4.40 Å². The van der Waals surface area contributed by atoms with Crippen molar-refractivity contribution in [2.75, 3.05) is 0 Å². The number of hydrogen-bond acceptors (Lipinski definition) is 1. The van der Waals surface area contributed by atoms with Crippen LogP contribution >= 0.6 is 15.9 Å². The molecule has 0 aliphatic rings. The van der Waals surface area contributed by atoms with E-state index >= 15 is 0 Å². The average Bonchev–Trinajstić information content (AvgIpc) is 2.56. The molecule has 0 aliphatic heterocycles. The molecule has 15 heavy (non-hydrogen) atoms. The highest BCUT2D eigenvalue weighted by Gasteiger charge is 2.07. The topological polar surface area (TPSA) is 17.3 Å². The maximum Gasteiger partial charge on any atom is 0.145 e. The Morgan fingerprint density at radius 2 is 2.00 bits per heavy atom. The standard InChI is InChI=1S/C12H9BrN2/c1-8-11(13)15-7-6-9-4-2-3-5-10(9)12(15)14-8/h2-7H,1H3. The highest BCUT2D eigenvalue weighted by molar-refractivity contribution is 9.10. The number of aryl methyl sites for hydroxylation is 1. The van der Waals surface area contributed by atoms with Gasteiger partial charge >= 0.3 is 0 Å². The van der Waals surface area contributed by atoms with Gasteiger partial charge in [-0.2, -0.15) is 0 Å². The highest BCUT2D eigenvalue weighted by atomic mass is 79.9. The second kappa shape index (κ2) is 3.07. The van der Waals surface area contributed by atoms with Crippen molar-refractivity contribution in [1.82, 2.24) is 9.38 Å². The first-order valence-electron chi connectivity index (χ1n) is 4.79. The van der Waals surface area contributed by atoms with E-state index in [0.29, 0.717) is 0 Å². The molecule has 3 aromatic rings.